The van der Waals surface area contributed by atoms with E-state index in [1.165, 1.54) is 6.07 Å². The van der Waals surface area contributed by atoms with Crippen molar-refractivity contribution in [2.45, 2.75) is 19.9 Å². The Morgan fingerprint density at radius 3 is 2.50 bits per heavy atom. The van der Waals surface area contributed by atoms with Crippen LogP contribution < -0.4 is 10.2 Å². The molecule has 1 fully saturated rings. The molecule has 1 N–H and O–H groups in total. The van der Waals surface area contributed by atoms with Gasteiger partial charge < -0.3 is 15.1 Å². The van der Waals surface area contributed by atoms with E-state index in [-0.39, 0.29) is 11.7 Å². The lowest BCUT2D eigenvalue weighted by atomic mass is 10.2. The van der Waals surface area contributed by atoms with Crippen LogP contribution in [0.2, 0.25) is 0 Å². The van der Waals surface area contributed by atoms with Crippen LogP contribution in [0.1, 0.15) is 13.8 Å². The van der Waals surface area contributed by atoms with Gasteiger partial charge in [0.25, 0.3) is 0 Å². The number of rotatable bonds is 4. The lowest BCUT2D eigenvalue weighted by Crippen LogP contribution is -2.51. The van der Waals surface area contributed by atoms with E-state index < -0.39 is 0 Å². The zero-order valence-electron chi connectivity index (χ0n) is 12.1. The first kappa shape index (κ1) is 14.8. The van der Waals surface area contributed by atoms with Gasteiger partial charge in [0, 0.05) is 32.2 Å². The summed E-state index contributed by atoms with van der Waals surface area (Å²) in [5, 5.41) is 3.13. The molecule has 4 nitrogen and oxygen atoms in total. The van der Waals surface area contributed by atoms with Crippen LogP contribution in [0, 0.1) is 5.82 Å². The molecule has 0 bridgehead atoms. The molecule has 1 aliphatic rings. The van der Waals surface area contributed by atoms with Crippen LogP contribution in [0.15, 0.2) is 24.3 Å². The molecule has 1 heterocycles. The molecular weight excluding hydrogens is 257 g/mol. The Labute approximate surface area is 119 Å². The van der Waals surface area contributed by atoms with E-state index in [2.05, 4.69) is 5.32 Å². The highest BCUT2D eigenvalue weighted by molar-refractivity contribution is 5.78. The average Bonchev–Trinajstić information content (AvgIpc) is 2.45. The fourth-order valence-electron chi connectivity index (χ4n) is 2.31. The highest BCUT2D eigenvalue weighted by Gasteiger charge is 2.22. The number of hydrogen-bond donors (Lipinski definition) is 1. The first-order valence-electron chi connectivity index (χ1n) is 7.08. The van der Waals surface area contributed by atoms with Gasteiger partial charge in [0.05, 0.1) is 12.2 Å². The Hall–Kier alpha value is -1.62. The first-order chi connectivity index (χ1) is 9.58. The summed E-state index contributed by atoms with van der Waals surface area (Å²) in [6.45, 7) is 7.05. The molecule has 5 heteroatoms. The topological polar surface area (TPSA) is 35.6 Å². The molecule has 0 unspecified atom stereocenters. The third-order valence-corrected chi connectivity index (χ3v) is 3.49. The molecule has 0 aliphatic carbocycles. The molecule has 0 atom stereocenters. The second kappa shape index (κ2) is 6.70. The van der Waals surface area contributed by atoms with Crippen LogP contribution in [0.5, 0.6) is 0 Å². The van der Waals surface area contributed by atoms with Gasteiger partial charge in [-0.05, 0) is 12.1 Å². The van der Waals surface area contributed by atoms with Gasteiger partial charge in [0.15, 0.2) is 0 Å². The second-order valence-electron chi connectivity index (χ2n) is 5.35. The minimum Gasteiger partial charge on any atom is -0.366 e. The van der Waals surface area contributed by atoms with Crippen molar-refractivity contribution in [1.82, 2.24) is 10.2 Å². The van der Waals surface area contributed by atoms with Crippen molar-refractivity contribution >= 4 is 11.6 Å². The Morgan fingerprint density at radius 1 is 1.25 bits per heavy atom. The number of carbonyl (C=O) groups excluding carboxylic acids is 1. The van der Waals surface area contributed by atoms with Gasteiger partial charge >= 0.3 is 0 Å². The van der Waals surface area contributed by atoms with Gasteiger partial charge in [0.2, 0.25) is 5.91 Å². The van der Waals surface area contributed by atoms with Crippen LogP contribution in [0.3, 0.4) is 0 Å². The number of nitrogens with zero attached hydrogens (tertiary/aromatic N) is 2. The summed E-state index contributed by atoms with van der Waals surface area (Å²) in [5.41, 5.74) is 0.625. The molecular formula is C15H22FN3O. The largest absolute Gasteiger partial charge is 0.366 e. The molecule has 110 valence electrons. The van der Waals surface area contributed by atoms with Crippen LogP contribution in [0.4, 0.5) is 10.1 Å². The number of piperazine rings is 1. The number of halogens is 1. The standard InChI is InChI=1S/C15H22FN3O/c1-12(2)17-11-15(20)19-9-7-18(8-10-19)14-6-4-3-5-13(14)16/h3-6,12,17H,7-11H2,1-2H3. The van der Waals surface area contributed by atoms with Gasteiger partial charge in [-0.3, -0.25) is 4.79 Å². The van der Waals surface area contributed by atoms with E-state index in [1.54, 1.807) is 12.1 Å². The van der Waals surface area contributed by atoms with E-state index in [4.69, 9.17) is 0 Å². The highest BCUT2D eigenvalue weighted by atomic mass is 19.1. The van der Waals surface area contributed by atoms with Crippen molar-refractivity contribution in [2.75, 3.05) is 37.6 Å². The zero-order chi connectivity index (χ0) is 14.5. The lowest BCUT2D eigenvalue weighted by Gasteiger charge is -2.36. The van der Waals surface area contributed by atoms with E-state index in [1.807, 2.05) is 29.7 Å². The molecule has 20 heavy (non-hydrogen) atoms. The van der Waals surface area contributed by atoms with Crippen molar-refractivity contribution in [3.63, 3.8) is 0 Å². The number of para-hydroxylation sites is 1. The first-order valence-corrected chi connectivity index (χ1v) is 7.08. The summed E-state index contributed by atoms with van der Waals surface area (Å²) in [4.78, 5) is 15.8. The van der Waals surface area contributed by atoms with Gasteiger partial charge in [0.1, 0.15) is 5.82 Å². The number of carbonyl (C=O) groups is 1. The van der Waals surface area contributed by atoms with E-state index in [0.29, 0.717) is 44.5 Å². The summed E-state index contributed by atoms with van der Waals surface area (Å²) in [5.74, 6) is -0.0827. The minimum absolute atomic E-state index is 0.117. The van der Waals surface area contributed by atoms with Crippen LogP contribution in [0.25, 0.3) is 0 Å². The Balaban J connectivity index is 1.86. The Morgan fingerprint density at radius 2 is 1.90 bits per heavy atom. The maximum Gasteiger partial charge on any atom is 0.236 e. The summed E-state index contributed by atoms with van der Waals surface area (Å²) < 4.78 is 13.7. The molecule has 0 aromatic heterocycles. The monoisotopic (exact) mass is 279 g/mol. The van der Waals surface area contributed by atoms with Gasteiger partial charge in [-0.15, -0.1) is 0 Å². The van der Waals surface area contributed by atoms with Crippen molar-refractivity contribution < 1.29 is 9.18 Å². The van der Waals surface area contributed by atoms with E-state index in [0.717, 1.165) is 0 Å². The third-order valence-electron chi connectivity index (χ3n) is 3.49. The number of amides is 1. The van der Waals surface area contributed by atoms with Crippen LogP contribution in [-0.4, -0.2) is 49.6 Å². The van der Waals surface area contributed by atoms with E-state index in [9.17, 15) is 9.18 Å². The second-order valence-corrected chi connectivity index (χ2v) is 5.35. The normalized spacial score (nSPS) is 15.8. The van der Waals surface area contributed by atoms with Crippen molar-refractivity contribution in [3.05, 3.63) is 30.1 Å². The number of anilines is 1. The number of benzene rings is 1. The molecule has 0 spiro atoms. The Kier molecular flexibility index (Phi) is 4.95. The lowest BCUT2D eigenvalue weighted by molar-refractivity contribution is -0.130. The minimum atomic E-state index is -0.200. The quantitative estimate of drug-likeness (QED) is 0.906. The predicted molar refractivity (Wildman–Crippen MR) is 78.3 cm³/mol. The average molecular weight is 279 g/mol. The molecule has 2 rings (SSSR count). The fourth-order valence-corrected chi connectivity index (χ4v) is 2.31. The molecule has 1 aliphatic heterocycles. The molecule has 0 radical (unpaired) electrons. The van der Waals surface area contributed by atoms with Gasteiger partial charge in [-0.2, -0.15) is 0 Å². The fraction of sp³-hybridized carbons (Fsp3) is 0.533. The molecule has 1 saturated heterocycles. The zero-order valence-corrected chi connectivity index (χ0v) is 12.1. The smallest absolute Gasteiger partial charge is 0.236 e. The molecule has 0 saturated carbocycles. The molecule has 1 amide bonds. The predicted octanol–water partition coefficient (Wildman–Crippen LogP) is 1.47. The Bertz CT molecular complexity index is 456. The van der Waals surface area contributed by atoms with Crippen molar-refractivity contribution in [3.8, 4) is 0 Å². The van der Waals surface area contributed by atoms with Gasteiger partial charge in [-0.25, -0.2) is 4.39 Å². The summed E-state index contributed by atoms with van der Waals surface area (Å²) in [6, 6.07) is 7.09. The van der Waals surface area contributed by atoms with E-state index >= 15 is 0 Å². The number of nitrogens with one attached hydrogen (secondary N) is 1. The SMILES string of the molecule is CC(C)NCC(=O)N1CCN(c2ccccc2F)CC1. The maximum absolute atomic E-state index is 13.7. The molecule has 1 aromatic carbocycles. The highest BCUT2D eigenvalue weighted by Crippen LogP contribution is 2.20. The maximum atomic E-state index is 13.7. The summed E-state index contributed by atoms with van der Waals surface area (Å²) in [7, 11) is 0. The number of hydrogen-bond acceptors (Lipinski definition) is 3. The third kappa shape index (κ3) is 3.70. The summed E-state index contributed by atoms with van der Waals surface area (Å²) in [6.07, 6.45) is 0. The van der Waals surface area contributed by atoms with Gasteiger partial charge in [-0.1, -0.05) is 26.0 Å². The van der Waals surface area contributed by atoms with Crippen LogP contribution in [-0.2, 0) is 4.79 Å². The van der Waals surface area contributed by atoms with Crippen molar-refractivity contribution in [2.24, 2.45) is 0 Å². The van der Waals surface area contributed by atoms with Crippen molar-refractivity contribution in [1.29, 1.82) is 0 Å². The molecule has 1 aromatic rings. The summed E-state index contributed by atoms with van der Waals surface area (Å²) >= 11 is 0. The van der Waals surface area contributed by atoms with Crippen LogP contribution >= 0.6 is 0 Å².